The van der Waals surface area contributed by atoms with Crippen LogP contribution in [0, 0.1) is 0 Å². The molecule has 1 amide bonds. The summed E-state index contributed by atoms with van der Waals surface area (Å²) in [4.78, 5) is 16.2. The summed E-state index contributed by atoms with van der Waals surface area (Å²) >= 11 is 5.23. The summed E-state index contributed by atoms with van der Waals surface area (Å²) in [7, 11) is 7.45. The predicted octanol–water partition coefficient (Wildman–Crippen LogP) is 5.73. The number of hydrogen-bond donors (Lipinski definition) is 2. The van der Waals surface area contributed by atoms with Gasteiger partial charge in [0, 0.05) is 47.8 Å². The SMILES string of the molecule is CCCCOc1cccc(CC(NCC(=O)N(C)C)OCCC)c1.CCCCOc1cccc(CCNCC(=S)N(C)C)c1. The van der Waals surface area contributed by atoms with Gasteiger partial charge in [-0.05, 0) is 67.6 Å². The van der Waals surface area contributed by atoms with Gasteiger partial charge in [-0.25, -0.2) is 0 Å². The molecule has 1 atom stereocenters. The van der Waals surface area contributed by atoms with E-state index in [2.05, 4.69) is 55.7 Å². The summed E-state index contributed by atoms with van der Waals surface area (Å²) in [6.45, 7) is 10.6. The second kappa shape index (κ2) is 24.6. The molecule has 44 heavy (non-hydrogen) atoms. The van der Waals surface area contributed by atoms with Gasteiger partial charge in [-0.15, -0.1) is 0 Å². The summed E-state index contributed by atoms with van der Waals surface area (Å²) in [5.74, 6) is 1.90. The molecule has 0 heterocycles. The van der Waals surface area contributed by atoms with E-state index in [1.165, 1.54) is 5.56 Å². The number of nitrogens with one attached hydrogen (secondary N) is 2. The maximum atomic E-state index is 11.8. The van der Waals surface area contributed by atoms with E-state index in [4.69, 9.17) is 26.4 Å². The molecule has 248 valence electrons. The molecule has 0 radical (unpaired) electrons. The minimum absolute atomic E-state index is 0.0387. The third-order valence-electron chi connectivity index (χ3n) is 6.62. The van der Waals surface area contributed by atoms with Crippen molar-refractivity contribution in [1.29, 1.82) is 0 Å². The first-order valence-corrected chi connectivity index (χ1v) is 16.5. The van der Waals surface area contributed by atoms with Crippen molar-refractivity contribution in [3.05, 3.63) is 59.7 Å². The summed E-state index contributed by atoms with van der Waals surface area (Å²) in [6.07, 6.45) is 6.90. The molecule has 0 aromatic heterocycles. The highest BCUT2D eigenvalue weighted by Crippen LogP contribution is 2.16. The van der Waals surface area contributed by atoms with Crippen LogP contribution in [0.15, 0.2) is 48.5 Å². The Morgan fingerprint density at radius 1 is 0.795 bits per heavy atom. The third kappa shape index (κ3) is 18.8. The van der Waals surface area contributed by atoms with Crippen LogP contribution < -0.4 is 20.1 Å². The van der Waals surface area contributed by atoms with Gasteiger partial charge in [0.25, 0.3) is 0 Å². The molecule has 0 fully saturated rings. The van der Waals surface area contributed by atoms with Crippen molar-refractivity contribution in [3.63, 3.8) is 0 Å². The van der Waals surface area contributed by atoms with Gasteiger partial charge in [-0.3, -0.25) is 10.1 Å². The zero-order valence-electron chi connectivity index (χ0n) is 28.3. The molecule has 2 N–H and O–H groups in total. The molecule has 0 aliphatic heterocycles. The smallest absolute Gasteiger partial charge is 0.236 e. The Hall–Kier alpha value is -2.72. The van der Waals surface area contributed by atoms with Gasteiger partial charge in [0.15, 0.2) is 0 Å². The van der Waals surface area contributed by atoms with Crippen LogP contribution in [-0.2, 0) is 22.4 Å². The molecule has 2 aromatic rings. The second-order valence-corrected chi connectivity index (χ2v) is 11.6. The highest BCUT2D eigenvalue weighted by atomic mass is 32.1. The van der Waals surface area contributed by atoms with Crippen LogP contribution in [0.3, 0.4) is 0 Å². The standard InChI is InChI=1S/C19H32N2O3.C16H26N2OS/c1-5-7-12-23-17-10-8-9-16(13-17)14-18(24-11-6-2)20-15-19(22)21(3)4;1-4-5-11-19-15-8-6-7-14(12-15)9-10-17-13-16(20)18(2)3/h8-10,13,18,20H,5-7,11-12,14-15H2,1-4H3;6-8,12,17H,4-5,9-11,13H2,1-3H3. The number of thiocarbonyl (C=S) groups is 1. The topological polar surface area (TPSA) is 75.3 Å². The predicted molar refractivity (Wildman–Crippen MR) is 187 cm³/mol. The number of nitrogens with zero attached hydrogens (tertiary/aromatic N) is 2. The van der Waals surface area contributed by atoms with E-state index in [-0.39, 0.29) is 18.7 Å². The Morgan fingerprint density at radius 3 is 1.93 bits per heavy atom. The van der Waals surface area contributed by atoms with Crippen LogP contribution in [0.2, 0.25) is 0 Å². The van der Waals surface area contributed by atoms with Crippen LogP contribution in [0.4, 0.5) is 0 Å². The lowest BCUT2D eigenvalue weighted by Crippen LogP contribution is -2.41. The van der Waals surface area contributed by atoms with Crippen LogP contribution >= 0.6 is 12.2 Å². The molecule has 0 saturated carbocycles. The third-order valence-corrected chi connectivity index (χ3v) is 7.13. The number of carbonyl (C=O) groups excluding carboxylic acids is 1. The van der Waals surface area contributed by atoms with E-state index in [0.717, 1.165) is 86.9 Å². The molecule has 0 saturated heterocycles. The van der Waals surface area contributed by atoms with E-state index in [0.29, 0.717) is 13.0 Å². The Kier molecular flexibility index (Phi) is 22.0. The fourth-order valence-electron chi connectivity index (χ4n) is 3.83. The summed E-state index contributed by atoms with van der Waals surface area (Å²) in [5, 5.41) is 6.56. The summed E-state index contributed by atoms with van der Waals surface area (Å²) < 4.78 is 17.3. The summed E-state index contributed by atoms with van der Waals surface area (Å²) in [6, 6.07) is 16.4. The molecule has 0 aliphatic rings. The number of benzene rings is 2. The molecular weight excluding hydrogens is 572 g/mol. The zero-order valence-corrected chi connectivity index (χ0v) is 29.1. The second-order valence-electron chi connectivity index (χ2n) is 11.1. The number of hydrogen-bond acceptors (Lipinski definition) is 7. The van der Waals surface area contributed by atoms with E-state index >= 15 is 0 Å². The van der Waals surface area contributed by atoms with E-state index in [1.807, 2.05) is 43.3 Å². The lowest BCUT2D eigenvalue weighted by atomic mass is 10.1. The van der Waals surface area contributed by atoms with Gasteiger partial charge in [-0.2, -0.15) is 0 Å². The van der Waals surface area contributed by atoms with Crippen LogP contribution in [0.1, 0.15) is 64.0 Å². The molecule has 2 aromatic carbocycles. The average Bonchev–Trinajstić information content (AvgIpc) is 3.01. The van der Waals surface area contributed by atoms with E-state index < -0.39 is 0 Å². The molecule has 1 unspecified atom stereocenters. The summed E-state index contributed by atoms with van der Waals surface area (Å²) in [5.41, 5.74) is 2.43. The van der Waals surface area contributed by atoms with Crippen molar-refractivity contribution in [3.8, 4) is 11.5 Å². The maximum absolute atomic E-state index is 11.8. The molecule has 0 bridgehead atoms. The van der Waals surface area contributed by atoms with Gasteiger partial charge in [-0.1, -0.05) is 70.1 Å². The van der Waals surface area contributed by atoms with Crippen molar-refractivity contribution in [2.24, 2.45) is 0 Å². The average molecular weight is 631 g/mol. The highest BCUT2D eigenvalue weighted by Gasteiger charge is 2.13. The van der Waals surface area contributed by atoms with Crippen LogP contribution in [0.5, 0.6) is 11.5 Å². The normalized spacial score (nSPS) is 11.2. The number of ether oxygens (including phenoxy) is 3. The van der Waals surface area contributed by atoms with Crippen molar-refractivity contribution < 1.29 is 19.0 Å². The lowest BCUT2D eigenvalue weighted by Gasteiger charge is -2.20. The van der Waals surface area contributed by atoms with Crippen molar-refractivity contribution >= 4 is 23.1 Å². The fraction of sp³-hybridized carbons (Fsp3) is 0.600. The first-order valence-electron chi connectivity index (χ1n) is 16.1. The number of amides is 1. The van der Waals surface area contributed by atoms with Crippen molar-refractivity contribution in [2.75, 3.05) is 67.6 Å². The molecule has 0 spiro atoms. The van der Waals surface area contributed by atoms with Gasteiger partial charge in [0.2, 0.25) is 5.91 Å². The Labute approximate surface area is 272 Å². The van der Waals surface area contributed by atoms with Gasteiger partial charge >= 0.3 is 0 Å². The largest absolute Gasteiger partial charge is 0.494 e. The minimum atomic E-state index is -0.181. The molecule has 0 aliphatic carbocycles. The monoisotopic (exact) mass is 630 g/mol. The van der Waals surface area contributed by atoms with Gasteiger partial charge in [0.05, 0.1) is 24.7 Å². The van der Waals surface area contributed by atoms with Gasteiger partial charge < -0.3 is 29.3 Å². The molecule has 9 heteroatoms. The number of rotatable bonds is 21. The Bertz CT molecular complexity index is 1050. The van der Waals surface area contributed by atoms with Crippen molar-refractivity contribution in [1.82, 2.24) is 20.4 Å². The fourth-order valence-corrected chi connectivity index (χ4v) is 3.93. The van der Waals surface area contributed by atoms with Gasteiger partial charge in [0.1, 0.15) is 17.7 Å². The molecular formula is C35H58N4O4S. The highest BCUT2D eigenvalue weighted by molar-refractivity contribution is 7.80. The first-order chi connectivity index (χ1) is 21.2. The quantitative estimate of drug-likeness (QED) is 0.103. The number of likely N-dealkylation sites (N-methyl/N-ethyl adjacent to an activating group) is 2. The van der Waals surface area contributed by atoms with Crippen LogP contribution in [0.25, 0.3) is 0 Å². The number of carbonyl (C=O) groups is 1. The number of unbranched alkanes of at least 4 members (excludes halogenated alkanes) is 2. The maximum Gasteiger partial charge on any atom is 0.236 e. The van der Waals surface area contributed by atoms with Crippen molar-refractivity contribution in [2.45, 2.75) is 71.9 Å². The Morgan fingerprint density at radius 2 is 1.39 bits per heavy atom. The lowest BCUT2D eigenvalue weighted by molar-refractivity contribution is -0.128. The van der Waals surface area contributed by atoms with E-state index in [1.54, 1.807) is 19.0 Å². The first kappa shape index (κ1) is 39.3. The van der Waals surface area contributed by atoms with E-state index in [9.17, 15) is 4.79 Å². The molecule has 8 nitrogen and oxygen atoms in total. The zero-order chi connectivity index (χ0) is 32.6. The minimum Gasteiger partial charge on any atom is -0.494 e. The van der Waals surface area contributed by atoms with Crippen LogP contribution in [-0.4, -0.2) is 94.6 Å². The molecule has 2 rings (SSSR count). The Balaban J connectivity index is 0.000000447.